The minimum Gasteiger partial charge on any atom is -0.312 e. The van der Waals surface area contributed by atoms with Gasteiger partial charge in [0.25, 0.3) is 0 Å². The van der Waals surface area contributed by atoms with Gasteiger partial charge in [0.15, 0.2) is 0 Å². The minimum atomic E-state index is -2.85. The molecule has 1 aromatic heterocycles. The van der Waals surface area contributed by atoms with Crippen molar-refractivity contribution in [2.24, 2.45) is 0 Å². The van der Waals surface area contributed by atoms with E-state index in [2.05, 4.69) is 10.3 Å². The molecule has 6 heteroatoms. The van der Waals surface area contributed by atoms with Crippen LogP contribution in [0.1, 0.15) is 36.5 Å². The second kappa shape index (κ2) is 6.47. The monoisotopic (exact) mass is 276 g/mol. The Morgan fingerprint density at radius 1 is 1.53 bits per heavy atom. The summed E-state index contributed by atoms with van der Waals surface area (Å²) in [4.78, 5) is 4.42. The van der Waals surface area contributed by atoms with Crippen LogP contribution >= 0.6 is 11.3 Å². The Bertz CT molecular complexity index is 440. The Kier molecular flexibility index (Phi) is 5.55. The maximum atomic E-state index is 11.4. The molecule has 0 bridgehead atoms. The second-order valence-corrected chi connectivity index (χ2v) is 7.55. The first kappa shape index (κ1) is 14.6. The number of sulfone groups is 1. The fourth-order valence-electron chi connectivity index (χ4n) is 1.63. The summed E-state index contributed by atoms with van der Waals surface area (Å²) in [6.45, 7) is 3.66. The van der Waals surface area contributed by atoms with E-state index in [-0.39, 0.29) is 17.5 Å². The molecule has 0 radical (unpaired) electrons. The van der Waals surface area contributed by atoms with Gasteiger partial charge in [-0.15, -0.1) is 11.3 Å². The van der Waals surface area contributed by atoms with Crippen LogP contribution in [0.15, 0.2) is 5.38 Å². The van der Waals surface area contributed by atoms with Crippen LogP contribution in [0.4, 0.5) is 0 Å². The molecule has 0 aromatic carbocycles. The van der Waals surface area contributed by atoms with E-state index in [1.54, 1.807) is 18.3 Å². The van der Waals surface area contributed by atoms with Crippen molar-refractivity contribution in [2.45, 2.75) is 32.7 Å². The van der Waals surface area contributed by atoms with E-state index >= 15 is 0 Å². The summed E-state index contributed by atoms with van der Waals surface area (Å²) < 4.78 is 22.8. The zero-order valence-electron chi connectivity index (χ0n) is 10.6. The van der Waals surface area contributed by atoms with Crippen molar-refractivity contribution in [3.8, 4) is 0 Å². The summed E-state index contributed by atoms with van der Waals surface area (Å²) in [5.41, 5.74) is 1.02. The van der Waals surface area contributed by atoms with Gasteiger partial charge in [-0.3, -0.25) is 0 Å². The van der Waals surface area contributed by atoms with Gasteiger partial charge in [0.05, 0.1) is 22.5 Å². The fourth-order valence-corrected chi connectivity index (χ4v) is 3.19. The third-order valence-electron chi connectivity index (χ3n) is 2.73. The first-order valence-electron chi connectivity index (χ1n) is 5.78. The van der Waals surface area contributed by atoms with E-state index in [9.17, 15) is 8.42 Å². The number of rotatable bonds is 7. The molecule has 1 atom stereocenters. The highest BCUT2D eigenvalue weighted by atomic mass is 32.2. The van der Waals surface area contributed by atoms with Gasteiger partial charge in [-0.1, -0.05) is 6.92 Å². The molecule has 1 N–H and O–H groups in total. The smallest absolute Gasteiger partial charge is 0.150 e. The van der Waals surface area contributed by atoms with Gasteiger partial charge in [-0.05, 0) is 26.8 Å². The average Bonchev–Trinajstić information content (AvgIpc) is 2.71. The van der Waals surface area contributed by atoms with Crippen LogP contribution in [-0.4, -0.2) is 32.0 Å². The van der Waals surface area contributed by atoms with Crippen molar-refractivity contribution in [1.82, 2.24) is 10.3 Å². The second-order valence-electron chi connectivity index (χ2n) is 4.01. The highest BCUT2D eigenvalue weighted by Crippen LogP contribution is 2.20. The van der Waals surface area contributed by atoms with Crippen LogP contribution in [-0.2, 0) is 9.84 Å². The first-order valence-corrected chi connectivity index (χ1v) is 8.48. The maximum absolute atomic E-state index is 11.4. The third kappa shape index (κ3) is 4.73. The highest BCUT2D eigenvalue weighted by molar-refractivity contribution is 7.91. The molecule has 0 aliphatic heterocycles. The predicted molar refractivity (Wildman–Crippen MR) is 72.2 cm³/mol. The van der Waals surface area contributed by atoms with Crippen molar-refractivity contribution in [3.05, 3.63) is 16.1 Å². The van der Waals surface area contributed by atoms with Gasteiger partial charge in [0, 0.05) is 11.1 Å². The average molecular weight is 276 g/mol. The van der Waals surface area contributed by atoms with Crippen LogP contribution in [0.3, 0.4) is 0 Å². The van der Waals surface area contributed by atoms with Crippen molar-refractivity contribution < 1.29 is 8.42 Å². The lowest BCUT2D eigenvalue weighted by atomic mass is 10.1. The Morgan fingerprint density at radius 2 is 2.24 bits per heavy atom. The van der Waals surface area contributed by atoms with E-state index < -0.39 is 9.84 Å². The standard InChI is InChI=1S/C11H20N2O2S2/c1-4-17(14,15)7-5-6-10(12-3)11-8-16-9(2)13-11/h8,10,12H,4-7H2,1-3H3. The van der Waals surface area contributed by atoms with Crippen LogP contribution in [0.25, 0.3) is 0 Å². The lowest BCUT2D eigenvalue weighted by molar-refractivity contribution is 0.526. The molecule has 98 valence electrons. The fraction of sp³-hybridized carbons (Fsp3) is 0.727. The number of aryl methyl sites for hydroxylation is 1. The Hall–Kier alpha value is -0.460. The molecular weight excluding hydrogens is 256 g/mol. The number of hydrogen-bond acceptors (Lipinski definition) is 5. The molecule has 0 saturated carbocycles. The maximum Gasteiger partial charge on any atom is 0.150 e. The summed E-state index contributed by atoms with van der Waals surface area (Å²) in [5.74, 6) is 0.498. The largest absolute Gasteiger partial charge is 0.312 e. The molecule has 0 aliphatic carbocycles. The normalized spacial score (nSPS) is 13.8. The molecule has 0 amide bonds. The molecule has 1 heterocycles. The Labute approximate surface area is 107 Å². The van der Waals surface area contributed by atoms with Crippen molar-refractivity contribution in [3.63, 3.8) is 0 Å². The predicted octanol–water partition coefficient (Wildman–Crippen LogP) is 1.93. The summed E-state index contributed by atoms with van der Waals surface area (Å²) in [6.07, 6.45) is 1.48. The number of aromatic nitrogens is 1. The number of nitrogens with one attached hydrogen (secondary N) is 1. The summed E-state index contributed by atoms with van der Waals surface area (Å²) in [7, 11) is -0.963. The van der Waals surface area contributed by atoms with Crippen LogP contribution in [0.5, 0.6) is 0 Å². The zero-order chi connectivity index (χ0) is 12.9. The third-order valence-corrected chi connectivity index (χ3v) is 5.31. The van der Waals surface area contributed by atoms with Gasteiger partial charge in [0.1, 0.15) is 9.84 Å². The van der Waals surface area contributed by atoms with Crippen LogP contribution in [0.2, 0.25) is 0 Å². The van der Waals surface area contributed by atoms with E-state index in [1.165, 1.54) is 0 Å². The van der Waals surface area contributed by atoms with E-state index in [0.29, 0.717) is 6.42 Å². The summed E-state index contributed by atoms with van der Waals surface area (Å²) in [6, 6.07) is 0.159. The van der Waals surface area contributed by atoms with Crippen molar-refractivity contribution >= 4 is 21.2 Å². The molecular formula is C11H20N2O2S2. The van der Waals surface area contributed by atoms with E-state index in [4.69, 9.17) is 0 Å². The molecule has 0 aliphatic rings. The molecule has 1 aromatic rings. The van der Waals surface area contributed by atoms with E-state index in [0.717, 1.165) is 17.1 Å². The summed E-state index contributed by atoms with van der Waals surface area (Å²) in [5, 5.41) is 6.26. The molecule has 1 rings (SSSR count). The number of thiazole rings is 1. The van der Waals surface area contributed by atoms with Gasteiger partial charge in [-0.2, -0.15) is 0 Å². The zero-order valence-corrected chi connectivity index (χ0v) is 12.2. The van der Waals surface area contributed by atoms with Crippen molar-refractivity contribution in [2.75, 3.05) is 18.6 Å². The number of hydrogen-bond donors (Lipinski definition) is 1. The quantitative estimate of drug-likeness (QED) is 0.826. The minimum absolute atomic E-state index is 0.159. The lowest BCUT2D eigenvalue weighted by Crippen LogP contribution is -2.18. The van der Waals surface area contributed by atoms with Crippen molar-refractivity contribution in [1.29, 1.82) is 0 Å². The Morgan fingerprint density at radius 3 is 2.71 bits per heavy atom. The lowest BCUT2D eigenvalue weighted by Gasteiger charge is -2.13. The summed E-state index contributed by atoms with van der Waals surface area (Å²) >= 11 is 1.62. The molecule has 1 unspecified atom stereocenters. The molecule has 0 spiro atoms. The van der Waals surface area contributed by atoms with Gasteiger partial charge < -0.3 is 5.32 Å². The van der Waals surface area contributed by atoms with Crippen LogP contribution < -0.4 is 5.32 Å². The van der Waals surface area contributed by atoms with Crippen LogP contribution in [0, 0.1) is 6.92 Å². The van der Waals surface area contributed by atoms with Gasteiger partial charge in [0.2, 0.25) is 0 Å². The van der Waals surface area contributed by atoms with Gasteiger partial charge in [-0.25, -0.2) is 13.4 Å². The molecule has 4 nitrogen and oxygen atoms in total. The number of nitrogens with zero attached hydrogens (tertiary/aromatic N) is 1. The molecule has 0 saturated heterocycles. The topological polar surface area (TPSA) is 59.1 Å². The molecule has 17 heavy (non-hydrogen) atoms. The van der Waals surface area contributed by atoms with E-state index in [1.807, 2.05) is 19.4 Å². The SMILES string of the molecule is CCS(=O)(=O)CCCC(NC)c1csc(C)n1. The Balaban J connectivity index is 2.49. The highest BCUT2D eigenvalue weighted by Gasteiger charge is 2.14. The first-order chi connectivity index (χ1) is 7.98. The molecule has 0 fully saturated rings. The van der Waals surface area contributed by atoms with Gasteiger partial charge >= 0.3 is 0 Å².